The van der Waals surface area contributed by atoms with Crippen molar-refractivity contribution in [3.8, 4) is 0 Å². The van der Waals surface area contributed by atoms with Crippen LogP contribution in [0.15, 0.2) is 16.0 Å². The van der Waals surface area contributed by atoms with E-state index in [9.17, 15) is 31.5 Å². The number of hydrogen-bond donors (Lipinski definition) is 2. The van der Waals surface area contributed by atoms with Crippen LogP contribution >= 0.6 is 11.8 Å². The van der Waals surface area contributed by atoms with Gasteiger partial charge in [0.05, 0.1) is 5.75 Å². The highest BCUT2D eigenvalue weighted by atomic mass is 32.2. The van der Waals surface area contributed by atoms with Gasteiger partial charge in [-0.2, -0.15) is 0 Å². The molecule has 0 aliphatic heterocycles. The average molecular weight is 393 g/mol. The molecule has 26 heavy (non-hydrogen) atoms. The monoisotopic (exact) mass is 393 g/mol. The van der Waals surface area contributed by atoms with E-state index in [4.69, 9.17) is 0 Å². The van der Waals surface area contributed by atoms with E-state index < -0.39 is 52.0 Å². The van der Waals surface area contributed by atoms with Crippen LogP contribution in [0.1, 0.15) is 19.0 Å². The lowest BCUT2D eigenvalue weighted by molar-refractivity contribution is -0.113. The molecule has 2 rings (SSSR count). The lowest BCUT2D eigenvalue weighted by Gasteiger charge is -2.09. The predicted molar refractivity (Wildman–Crippen MR) is 84.4 cm³/mol. The SMILES string of the molecule is CCCc1cc(=O)[nH]c(SCC(=O)Nc2c(F)c(F)c(F)c(F)c2F)n1. The molecule has 11 heteroatoms. The van der Waals surface area contributed by atoms with Crippen molar-refractivity contribution in [1.29, 1.82) is 0 Å². The summed E-state index contributed by atoms with van der Waals surface area (Å²) < 4.78 is 66.2. The minimum atomic E-state index is -2.32. The van der Waals surface area contributed by atoms with Crippen molar-refractivity contribution in [2.45, 2.75) is 24.9 Å². The number of aryl methyl sites for hydroxylation is 1. The molecule has 0 atom stereocenters. The summed E-state index contributed by atoms with van der Waals surface area (Å²) in [4.78, 5) is 29.7. The molecular formula is C15H12F5N3O2S. The van der Waals surface area contributed by atoms with Crippen LogP contribution in [0.5, 0.6) is 0 Å². The summed E-state index contributed by atoms with van der Waals surface area (Å²) in [6.45, 7) is 1.88. The maximum atomic E-state index is 13.5. The van der Waals surface area contributed by atoms with Crippen LogP contribution in [0.25, 0.3) is 0 Å². The highest BCUT2D eigenvalue weighted by molar-refractivity contribution is 7.99. The normalized spacial score (nSPS) is 10.8. The van der Waals surface area contributed by atoms with Gasteiger partial charge in [0, 0.05) is 11.8 Å². The number of nitrogens with one attached hydrogen (secondary N) is 2. The fraction of sp³-hybridized carbons (Fsp3) is 0.267. The number of aromatic nitrogens is 2. The Kier molecular flexibility index (Phi) is 6.35. The predicted octanol–water partition coefficient (Wildman–Crippen LogP) is 3.15. The van der Waals surface area contributed by atoms with Crippen LogP contribution in [0, 0.1) is 29.1 Å². The Morgan fingerprint density at radius 3 is 2.27 bits per heavy atom. The van der Waals surface area contributed by atoms with Crippen LogP contribution in [-0.4, -0.2) is 21.6 Å². The van der Waals surface area contributed by atoms with Gasteiger partial charge in [-0.05, 0) is 6.42 Å². The van der Waals surface area contributed by atoms with Gasteiger partial charge in [0.15, 0.2) is 28.4 Å². The standard InChI is InChI=1S/C15H12F5N3O2S/c1-2-3-6-4-7(24)23-15(21-6)26-5-8(25)22-14-12(19)10(17)9(16)11(18)13(14)20/h4H,2-3,5H2,1H3,(H,22,25)(H,21,23,24). The molecule has 5 nitrogen and oxygen atoms in total. The lowest BCUT2D eigenvalue weighted by atomic mass is 10.2. The van der Waals surface area contributed by atoms with Crippen LogP contribution in [0.2, 0.25) is 0 Å². The first kappa shape index (κ1) is 19.9. The molecule has 1 aromatic carbocycles. The third kappa shape index (κ3) is 4.40. The molecule has 0 saturated heterocycles. The van der Waals surface area contributed by atoms with Crippen LogP contribution in [-0.2, 0) is 11.2 Å². The Hall–Kier alpha value is -2.43. The van der Waals surface area contributed by atoms with Crippen LogP contribution in [0.4, 0.5) is 27.6 Å². The Morgan fingerprint density at radius 2 is 1.69 bits per heavy atom. The Bertz CT molecular complexity index is 875. The van der Waals surface area contributed by atoms with Crippen LogP contribution < -0.4 is 10.9 Å². The molecule has 0 unspecified atom stereocenters. The molecular weight excluding hydrogens is 381 g/mol. The van der Waals surface area contributed by atoms with Gasteiger partial charge in [0.2, 0.25) is 11.7 Å². The van der Waals surface area contributed by atoms with Gasteiger partial charge < -0.3 is 10.3 Å². The van der Waals surface area contributed by atoms with Crippen molar-refractivity contribution in [3.63, 3.8) is 0 Å². The van der Waals surface area contributed by atoms with Gasteiger partial charge in [0.25, 0.3) is 5.56 Å². The number of H-pyrrole nitrogens is 1. The van der Waals surface area contributed by atoms with Crippen molar-refractivity contribution < 1.29 is 26.7 Å². The molecule has 1 amide bonds. The number of nitrogens with zero attached hydrogens (tertiary/aromatic N) is 1. The number of amides is 1. The fourth-order valence-electron chi connectivity index (χ4n) is 1.96. The molecule has 0 aliphatic rings. The van der Waals surface area contributed by atoms with Crippen molar-refractivity contribution in [2.24, 2.45) is 0 Å². The van der Waals surface area contributed by atoms with Crippen LogP contribution in [0.3, 0.4) is 0 Å². The number of carbonyl (C=O) groups is 1. The maximum absolute atomic E-state index is 13.5. The summed E-state index contributed by atoms with van der Waals surface area (Å²) >= 11 is 0.740. The summed E-state index contributed by atoms with van der Waals surface area (Å²) in [5.41, 5.74) is -1.38. The second kappa shape index (κ2) is 8.30. The third-order valence-corrected chi connectivity index (χ3v) is 3.97. The van der Waals surface area contributed by atoms with E-state index >= 15 is 0 Å². The molecule has 2 N–H and O–H groups in total. The van der Waals surface area contributed by atoms with Gasteiger partial charge >= 0.3 is 0 Å². The number of halogens is 5. The fourth-order valence-corrected chi connectivity index (χ4v) is 2.65. The molecule has 0 saturated carbocycles. The first-order valence-electron chi connectivity index (χ1n) is 7.28. The van der Waals surface area contributed by atoms with Crippen molar-refractivity contribution in [1.82, 2.24) is 9.97 Å². The third-order valence-electron chi connectivity index (χ3n) is 3.09. The van der Waals surface area contributed by atoms with Gasteiger partial charge in [-0.25, -0.2) is 26.9 Å². The number of thioether (sulfide) groups is 1. The van der Waals surface area contributed by atoms with E-state index in [1.54, 1.807) is 5.32 Å². The summed E-state index contributed by atoms with van der Waals surface area (Å²) in [6.07, 6.45) is 1.27. The Morgan fingerprint density at radius 1 is 1.12 bits per heavy atom. The number of aromatic amines is 1. The molecule has 140 valence electrons. The molecule has 1 aromatic heterocycles. The second-order valence-corrected chi connectivity index (χ2v) is 6.04. The smallest absolute Gasteiger partial charge is 0.251 e. The van der Waals surface area contributed by atoms with Crippen molar-refractivity contribution >= 4 is 23.4 Å². The average Bonchev–Trinajstić information content (AvgIpc) is 2.60. The van der Waals surface area contributed by atoms with E-state index in [1.165, 1.54) is 6.07 Å². The number of hydrogen-bond acceptors (Lipinski definition) is 4. The summed E-state index contributed by atoms with van der Waals surface area (Å²) in [6, 6.07) is 1.29. The maximum Gasteiger partial charge on any atom is 0.251 e. The van der Waals surface area contributed by atoms with E-state index in [0.29, 0.717) is 12.1 Å². The van der Waals surface area contributed by atoms with E-state index in [-0.39, 0.29) is 5.16 Å². The summed E-state index contributed by atoms with van der Waals surface area (Å²) in [5.74, 6) is -12.4. The minimum absolute atomic E-state index is 0.0912. The zero-order chi connectivity index (χ0) is 19.4. The molecule has 0 spiro atoms. The molecule has 1 heterocycles. The van der Waals surface area contributed by atoms with Gasteiger partial charge in [0.1, 0.15) is 5.69 Å². The Balaban J connectivity index is 2.12. The van der Waals surface area contributed by atoms with E-state index in [2.05, 4.69) is 9.97 Å². The highest BCUT2D eigenvalue weighted by Gasteiger charge is 2.26. The molecule has 0 radical (unpaired) electrons. The minimum Gasteiger partial charge on any atom is -0.320 e. The summed E-state index contributed by atoms with van der Waals surface area (Å²) in [7, 11) is 0. The summed E-state index contributed by atoms with van der Waals surface area (Å²) in [5, 5.41) is 1.73. The number of carbonyl (C=O) groups excluding carboxylic acids is 1. The van der Waals surface area contributed by atoms with E-state index in [1.807, 2.05) is 6.92 Å². The van der Waals surface area contributed by atoms with Gasteiger partial charge in [-0.3, -0.25) is 9.59 Å². The van der Waals surface area contributed by atoms with E-state index in [0.717, 1.165) is 18.2 Å². The lowest BCUT2D eigenvalue weighted by Crippen LogP contribution is -2.19. The zero-order valence-electron chi connectivity index (χ0n) is 13.3. The molecule has 0 aliphatic carbocycles. The van der Waals surface area contributed by atoms with Crippen molar-refractivity contribution in [2.75, 3.05) is 11.1 Å². The first-order valence-corrected chi connectivity index (χ1v) is 8.27. The quantitative estimate of drug-likeness (QED) is 0.260. The largest absolute Gasteiger partial charge is 0.320 e. The van der Waals surface area contributed by atoms with Crippen molar-refractivity contribution in [3.05, 3.63) is 51.2 Å². The number of benzene rings is 1. The molecule has 2 aromatic rings. The number of rotatable bonds is 6. The highest BCUT2D eigenvalue weighted by Crippen LogP contribution is 2.27. The number of anilines is 1. The van der Waals surface area contributed by atoms with Gasteiger partial charge in [-0.15, -0.1) is 0 Å². The Labute approximate surface area is 148 Å². The second-order valence-electron chi connectivity index (χ2n) is 5.07. The molecule has 0 fully saturated rings. The molecule has 0 bridgehead atoms. The van der Waals surface area contributed by atoms with Gasteiger partial charge in [-0.1, -0.05) is 25.1 Å². The zero-order valence-corrected chi connectivity index (χ0v) is 14.1. The first-order chi connectivity index (χ1) is 12.2. The topological polar surface area (TPSA) is 74.8 Å².